The molecule has 0 radical (unpaired) electrons. The molecule has 1 aliphatic heterocycles. The van der Waals surface area contributed by atoms with Crippen LogP contribution in [0.1, 0.15) is 79.8 Å². The number of carbonyl (C=O) groups is 2. The number of hydrogen-bond donors (Lipinski definition) is 1. The van der Waals surface area contributed by atoms with Crippen LogP contribution >= 0.6 is 11.3 Å². The molecule has 0 spiro atoms. The van der Waals surface area contributed by atoms with Crippen LogP contribution in [0.25, 0.3) is 21.6 Å². The minimum absolute atomic E-state index is 0.0979. The van der Waals surface area contributed by atoms with Gasteiger partial charge in [-0.25, -0.2) is 24.5 Å². The zero-order valence-corrected chi connectivity index (χ0v) is 32.9. The Bertz CT molecular complexity index is 1870. The summed E-state index contributed by atoms with van der Waals surface area (Å²) in [4.78, 5) is 44.2. The Morgan fingerprint density at radius 1 is 0.943 bits per heavy atom. The van der Waals surface area contributed by atoms with E-state index in [0.29, 0.717) is 56.9 Å². The van der Waals surface area contributed by atoms with Gasteiger partial charge in [0.1, 0.15) is 40.1 Å². The van der Waals surface area contributed by atoms with E-state index in [1.165, 1.54) is 17.7 Å². The van der Waals surface area contributed by atoms with Crippen molar-refractivity contribution < 1.29 is 28.5 Å². The Hall–Kier alpha value is -4.27. The molecule has 286 valence electrons. The predicted molar refractivity (Wildman–Crippen MR) is 204 cm³/mol. The van der Waals surface area contributed by atoms with Crippen LogP contribution in [0.5, 0.6) is 0 Å². The van der Waals surface area contributed by atoms with Crippen LogP contribution < -0.4 is 5.73 Å². The summed E-state index contributed by atoms with van der Waals surface area (Å²) in [7, 11) is 0. The predicted octanol–water partition coefficient (Wildman–Crippen LogP) is 7.33. The van der Waals surface area contributed by atoms with E-state index in [1.54, 1.807) is 16.0 Å². The van der Waals surface area contributed by atoms with Gasteiger partial charge in [-0.05, 0) is 80.2 Å². The molecule has 4 atom stereocenters. The Kier molecular flexibility index (Phi) is 11.0. The van der Waals surface area contributed by atoms with Crippen molar-refractivity contribution in [2.45, 2.75) is 110 Å². The van der Waals surface area contributed by atoms with Crippen LogP contribution in [0.2, 0.25) is 0 Å². The fourth-order valence-corrected chi connectivity index (χ4v) is 7.89. The Morgan fingerprint density at radius 3 is 2.26 bits per heavy atom. The topological polar surface area (TPSA) is 147 Å². The minimum Gasteiger partial charge on any atom is -0.444 e. The number of hydrogen-bond acceptors (Lipinski definition) is 11. The highest BCUT2D eigenvalue weighted by atomic mass is 32.1. The first-order chi connectivity index (χ1) is 25.0. The number of aromatic nitrogens is 4. The van der Waals surface area contributed by atoms with Crippen LogP contribution in [-0.2, 0) is 25.4 Å². The van der Waals surface area contributed by atoms with Gasteiger partial charge in [-0.2, -0.15) is 0 Å². The molecular formula is C39H53N7O6S. The third kappa shape index (κ3) is 9.28. The van der Waals surface area contributed by atoms with E-state index >= 15 is 0 Å². The van der Waals surface area contributed by atoms with Crippen molar-refractivity contribution in [3.8, 4) is 10.6 Å². The van der Waals surface area contributed by atoms with Crippen LogP contribution in [-0.4, -0.2) is 96.9 Å². The van der Waals surface area contributed by atoms with E-state index in [-0.39, 0.29) is 30.3 Å². The van der Waals surface area contributed by atoms with Crippen LogP contribution in [0.15, 0.2) is 54.4 Å². The van der Waals surface area contributed by atoms with Crippen molar-refractivity contribution in [3.63, 3.8) is 0 Å². The lowest BCUT2D eigenvalue weighted by Gasteiger charge is -2.32. The summed E-state index contributed by atoms with van der Waals surface area (Å²) in [6.07, 6.45) is 5.74. The van der Waals surface area contributed by atoms with E-state index in [1.807, 2.05) is 97.3 Å². The summed E-state index contributed by atoms with van der Waals surface area (Å²) in [6, 6.07) is 9.89. The number of benzene rings is 1. The molecule has 2 fully saturated rings. The second-order valence-corrected chi connectivity index (χ2v) is 17.3. The van der Waals surface area contributed by atoms with Gasteiger partial charge in [0.05, 0.1) is 17.5 Å². The van der Waals surface area contributed by atoms with E-state index < -0.39 is 23.1 Å². The number of anilines is 1. The average molecular weight is 748 g/mol. The fraction of sp³-hybridized carbons (Fsp3) is 0.564. The van der Waals surface area contributed by atoms with Gasteiger partial charge in [0.15, 0.2) is 5.79 Å². The van der Waals surface area contributed by atoms with Gasteiger partial charge in [-0.1, -0.05) is 30.3 Å². The molecule has 13 nitrogen and oxygen atoms in total. The molecule has 3 aromatic heterocycles. The SMILES string of the molecule is CC(C)(C)OC(=O)N(CCCN(C[C@H]1C[C@@H](n2cc(-c3nccs3)c3c(N)ncnc32)[C@@H]2OC(C)(C)O[C@H]12)C(=O)OC(C)(C)C)CCc1ccccc1. The average Bonchev–Trinajstić information content (AvgIpc) is 3.85. The maximum absolute atomic E-state index is 13.9. The van der Waals surface area contributed by atoms with E-state index in [4.69, 9.17) is 24.7 Å². The van der Waals surface area contributed by atoms with Gasteiger partial charge >= 0.3 is 12.2 Å². The number of ether oxygens (including phenoxy) is 4. The van der Waals surface area contributed by atoms with Crippen molar-refractivity contribution in [1.82, 2.24) is 29.3 Å². The van der Waals surface area contributed by atoms with Crippen molar-refractivity contribution in [2.24, 2.45) is 5.92 Å². The molecular weight excluding hydrogens is 695 g/mol. The molecule has 0 bridgehead atoms. The minimum atomic E-state index is -0.829. The standard InChI is InChI=1S/C39H53N7O6S/c1-37(2,3)51-35(47)44(19-15-25-13-10-9-11-14-25)17-12-18-45(36(48)52-38(4,5)6)22-26-21-28(31-30(26)49-39(7,8)50-31)46-23-27(34-41-16-20-53-34)29-32(40)42-24-43-33(29)46/h9-11,13-14,16,20,23-24,26,28,30-31H,12,15,17-19,21-22H2,1-8H3,(H2,40,42,43)/t26-,28-,30-,31+/m1/s1. The highest BCUT2D eigenvalue weighted by Gasteiger charge is 2.55. The Balaban J connectivity index is 1.24. The van der Waals surface area contributed by atoms with E-state index in [9.17, 15) is 9.59 Å². The van der Waals surface area contributed by atoms with Crippen molar-refractivity contribution in [2.75, 3.05) is 31.9 Å². The summed E-state index contributed by atoms with van der Waals surface area (Å²) in [5, 5.41) is 3.50. The second-order valence-electron chi connectivity index (χ2n) is 16.4. The van der Waals surface area contributed by atoms with Gasteiger partial charge in [0.2, 0.25) is 0 Å². The van der Waals surface area contributed by atoms with Gasteiger partial charge < -0.3 is 39.0 Å². The maximum Gasteiger partial charge on any atom is 0.410 e. The maximum atomic E-state index is 13.9. The third-order valence-corrected chi connectivity index (χ3v) is 10.1. The third-order valence-electron chi connectivity index (χ3n) is 9.34. The lowest BCUT2D eigenvalue weighted by Crippen LogP contribution is -2.44. The first-order valence-electron chi connectivity index (χ1n) is 18.3. The van der Waals surface area contributed by atoms with Crippen LogP contribution in [0.4, 0.5) is 15.4 Å². The smallest absolute Gasteiger partial charge is 0.410 e. The molecule has 53 heavy (non-hydrogen) atoms. The van der Waals surface area contributed by atoms with Crippen LogP contribution in [0.3, 0.4) is 0 Å². The number of fused-ring (bicyclic) bond motifs is 2. The lowest BCUT2D eigenvalue weighted by molar-refractivity contribution is -0.160. The number of nitrogen functional groups attached to an aromatic ring is 1. The molecule has 2 aliphatic rings. The van der Waals surface area contributed by atoms with Crippen LogP contribution in [0, 0.1) is 5.92 Å². The number of nitrogens with zero attached hydrogens (tertiary/aromatic N) is 6. The molecule has 4 aromatic rings. The summed E-state index contributed by atoms with van der Waals surface area (Å²) < 4.78 is 27.0. The number of carbonyl (C=O) groups excluding carboxylic acids is 2. The Labute approximate surface area is 315 Å². The molecule has 0 unspecified atom stereocenters. The normalized spacial score (nSPS) is 21.1. The zero-order chi connectivity index (χ0) is 38.1. The number of amides is 2. The second kappa shape index (κ2) is 15.2. The first kappa shape index (κ1) is 38.5. The zero-order valence-electron chi connectivity index (χ0n) is 32.1. The highest BCUT2D eigenvalue weighted by molar-refractivity contribution is 7.13. The molecule has 2 N–H and O–H groups in total. The monoisotopic (exact) mass is 747 g/mol. The molecule has 14 heteroatoms. The van der Waals surface area contributed by atoms with Gasteiger partial charge in [-0.3, -0.25) is 0 Å². The van der Waals surface area contributed by atoms with Crippen molar-refractivity contribution >= 4 is 40.4 Å². The quantitative estimate of drug-likeness (QED) is 0.166. The largest absolute Gasteiger partial charge is 0.444 e. The molecule has 1 aliphatic carbocycles. The lowest BCUT2D eigenvalue weighted by atomic mass is 10.0. The molecule has 1 saturated heterocycles. The number of rotatable bonds is 11. The molecule has 4 heterocycles. The summed E-state index contributed by atoms with van der Waals surface area (Å²) in [5.74, 6) is -0.543. The number of thiazole rings is 1. The van der Waals surface area contributed by atoms with Gasteiger partial charge in [0.25, 0.3) is 0 Å². The number of nitrogens with two attached hydrogens (primary N) is 1. The Morgan fingerprint density at radius 2 is 1.60 bits per heavy atom. The highest BCUT2D eigenvalue weighted by Crippen LogP contribution is 2.49. The van der Waals surface area contributed by atoms with Gasteiger partial charge in [-0.15, -0.1) is 11.3 Å². The molecule has 2 amide bonds. The summed E-state index contributed by atoms with van der Waals surface area (Å²) in [6.45, 7) is 16.6. The first-order valence-corrected chi connectivity index (χ1v) is 19.2. The van der Waals surface area contributed by atoms with E-state index in [0.717, 1.165) is 21.5 Å². The fourth-order valence-electron chi connectivity index (χ4n) is 7.24. The van der Waals surface area contributed by atoms with Crippen molar-refractivity contribution in [1.29, 1.82) is 0 Å². The van der Waals surface area contributed by atoms with E-state index in [2.05, 4.69) is 19.5 Å². The molecule has 6 rings (SSSR count). The molecule has 1 saturated carbocycles. The van der Waals surface area contributed by atoms with Crippen molar-refractivity contribution in [3.05, 3.63) is 60.0 Å². The summed E-state index contributed by atoms with van der Waals surface area (Å²) in [5.41, 5.74) is 7.79. The molecule has 1 aromatic carbocycles. The van der Waals surface area contributed by atoms with Gasteiger partial charge in [0, 0.05) is 55.4 Å². The summed E-state index contributed by atoms with van der Waals surface area (Å²) >= 11 is 1.52.